The van der Waals surface area contributed by atoms with Gasteiger partial charge in [-0.05, 0) is 69.7 Å². The van der Waals surface area contributed by atoms with Crippen LogP contribution in [0.3, 0.4) is 0 Å². The molecule has 2 unspecified atom stereocenters. The van der Waals surface area contributed by atoms with E-state index in [0.29, 0.717) is 0 Å². The van der Waals surface area contributed by atoms with Gasteiger partial charge in [-0.2, -0.15) is 0 Å². The molecule has 0 bridgehead atoms. The van der Waals surface area contributed by atoms with E-state index in [1.807, 2.05) is 20.8 Å². The molecule has 1 aliphatic heterocycles. The lowest BCUT2D eigenvalue weighted by molar-refractivity contribution is 0.165. The van der Waals surface area contributed by atoms with Crippen molar-refractivity contribution in [2.45, 2.75) is 50.8 Å². The van der Waals surface area contributed by atoms with Gasteiger partial charge in [0.15, 0.2) is 0 Å². The molecular weight excluding hydrogens is 280 g/mol. The van der Waals surface area contributed by atoms with Crippen LogP contribution < -0.4 is 10.0 Å². The number of nitrogens with one attached hydrogen (secondary N) is 2. The van der Waals surface area contributed by atoms with E-state index >= 15 is 0 Å². The Morgan fingerprint density at radius 3 is 2.57 bits per heavy atom. The van der Waals surface area contributed by atoms with Gasteiger partial charge in [-0.15, -0.1) is 0 Å². The van der Waals surface area contributed by atoms with Gasteiger partial charge < -0.3 is 5.32 Å². The third-order valence-electron chi connectivity index (χ3n) is 4.90. The van der Waals surface area contributed by atoms with E-state index in [0.717, 1.165) is 32.4 Å². The second-order valence-corrected chi connectivity index (χ2v) is 9.42. The summed E-state index contributed by atoms with van der Waals surface area (Å²) in [7, 11) is -1.03. The van der Waals surface area contributed by atoms with Gasteiger partial charge >= 0.3 is 0 Å². The number of fused-ring (bicyclic) bond motifs is 1. The molecule has 1 heterocycles. The second kappa shape index (κ2) is 5.49. The Morgan fingerprint density at radius 2 is 1.90 bits per heavy atom. The summed E-state index contributed by atoms with van der Waals surface area (Å²) < 4.78 is 15.9. The minimum absolute atomic E-state index is 0.218. The number of benzene rings is 1. The van der Waals surface area contributed by atoms with E-state index < -0.39 is 11.0 Å². The molecule has 2 aliphatic rings. The Morgan fingerprint density at radius 1 is 1.24 bits per heavy atom. The quantitative estimate of drug-likeness (QED) is 0.882. The maximum atomic E-state index is 12.6. The predicted octanol–water partition coefficient (Wildman–Crippen LogP) is 2.71. The van der Waals surface area contributed by atoms with Crippen molar-refractivity contribution in [3.8, 4) is 0 Å². The molecule has 1 aromatic rings. The molecule has 0 aromatic heterocycles. The summed E-state index contributed by atoms with van der Waals surface area (Å²) in [5, 5.41) is 3.46. The fraction of sp³-hybridized carbons (Fsp3) is 0.647. The molecule has 0 radical (unpaired) electrons. The normalized spacial score (nSPS) is 25.8. The first-order chi connectivity index (χ1) is 9.92. The summed E-state index contributed by atoms with van der Waals surface area (Å²) in [6, 6.07) is 8.89. The van der Waals surface area contributed by atoms with Crippen molar-refractivity contribution in [3.05, 3.63) is 35.4 Å². The molecule has 1 spiro atoms. The van der Waals surface area contributed by atoms with Crippen LogP contribution >= 0.6 is 0 Å². The van der Waals surface area contributed by atoms with Gasteiger partial charge in [-0.1, -0.05) is 24.3 Å². The Balaban J connectivity index is 1.94. The van der Waals surface area contributed by atoms with Crippen molar-refractivity contribution < 1.29 is 4.21 Å². The van der Waals surface area contributed by atoms with Crippen LogP contribution in [0.15, 0.2) is 24.3 Å². The van der Waals surface area contributed by atoms with Gasteiger partial charge in [0.1, 0.15) is 0 Å². The zero-order chi connectivity index (χ0) is 15.1. The summed E-state index contributed by atoms with van der Waals surface area (Å²) in [6.07, 6.45) is 3.42. The maximum absolute atomic E-state index is 12.6. The van der Waals surface area contributed by atoms with Crippen LogP contribution in [0.1, 0.15) is 50.8 Å². The molecule has 3 nitrogen and oxygen atoms in total. The highest BCUT2D eigenvalue weighted by Crippen LogP contribution is 2.51. The number of hydrogen-bond acceptors (Lipinski definition) is 2. The highest BCUT2D eigenvalue weighted by Gasteiger charge is 2.47. The van der Waals surface area contributed by atoms with Gasteiger partial charge in [0, 0.05) is 0 Å². The maximum Gasteiger partial charge on any atom is 0.0976 e. The molecule has 116 valence electrons. The lowest BCUT2D eigenvalue weighted by Gasteiger charge is -2.40. The van der Waals surface area contributed by atoms with Gasteiger partial charge in [-0.3, -0.25) is 0 Å². The van der Waals surface area contributed by atoms with E-state index in [1.54, 1.807) is 0 Å². The first kappa shape index (κ1) is 15.2. The van der Waals surface area contributed by atoms with Gasteiger partial charge in [0.2, 0.25) is 0 Å². The van der Waals surface area contributed by atoms with Crippen molar-refractivity contribution in [2.24, 2.45) is 5.41 Å². The summed E-state index contributed by atoms with van der Waals surface area (Å²) >= 11 is 0. The second-order valence-electron chi connectivity index (χ2n) is 7.42. The standard InChI is InChI=1S/C17H26N2OS/c1-16(2,3)21(20)19-15-14-7-5-4-6-13(14)12-17(15)8-10-18-11-9-17/h4-7,15,18-19H,8-12H2,1-3H3. The van der Waals surface area contributed by atoms with E-state index in [2.05, 4.69) is 34.3 Å². The van der Waals surface area contributed by atoms with Crippen molar-refractivity contribution >= 4 is 11.0 Å². The third-order valence-corrected chi connectivity index (χ3v) is 6.46. The zero-order valence-corrected chi connectivity index (χ0v) is 14.1. The van der Waals surface area contributed by atoms with Crippen LogP contribution in [0, 0.1) is 5.41 Å². The molecule has 4 heteroatoms. The summed E-state index contributed by atoms with van der Waals surface area (Å²) in [6.45, 7) is 8.23. The smallest absolute Gasteiger partial charge is 0.0976 e. The van der Waals surface area contributed by atoms with E-state index in [-0.39, 0.29) is 16.2 Å². The van der Waals surface area contributed by atoms with Crippen LogP contribution in [0.2, 0.25) is 0 Å². The molecule has 1 fully saturated rings. The van der Waals surface area contributed by atoms with Gasteiger partial charge in [0.25, 0.3) is 0 Å². The third kappa shape index (κ3) is 2.81. The van der Waals surface area contributed by atoms with Crippen molar-refractivity contribution in [3.63, 3.8) is 0 Å². The minimum Gasteiger partial charge on any atom is -0.317 e. The van der Waals surface area contributed by atoms with E-state index in [9.17, 15) is 4.21 Å². The molecule has 1 saturated heterocycles. The van der Waals surface area contributed by atoms with Gasteiger partial charge in [-0.25, -0.2) is 8.93 Å². The van der Waals surface area contributed by atoms with Crippen LogP contribution in [-0.2, 0) is 17.4 Å². The summed E-state index contributed by atoms with van der Waals surface area (Å²) in [4.78, 5) is 0. The number of rotatable bonds is 2. The van der Waals surface area contributed by atoms with Crippen LogP contribution in [-0.4, -0.2) is 22.0 Å². The Bertz CT molecular complexity index is 544. The first-order valence-corrected chi connectivity index (χ1v) is 9.04. The molecule has 3 rings (SSSR count). The lowest BCUT2D eigenvalue weighted by atomic mass is 9.73. The SMILES string of the molecule is CC(C)(C)S(=O)NC1c2ccccc2CC12CCNCC2. The fourth-order valence-electron chi connectivity index (χ4n) is 3.65. The average Bonchev–Trinajstić information content (AvgIpc) is 2.72. The molecule has 1 aliphatic carbocycles. The molecule has 2 N–H and O–H groups in total. The minimum atomic E-state index is -1.03. The summed E-state index contributed by atoms with van der Waals surface area (Å²) in [5.74, 6) is 0. The summed E-state index contributed by atoms with van der Waals surface area (Å²) in [5.41, 5.74) is 3.02. The Hall–Kier alpha value is -0.710. The number of hydrogen-bond donors (Lipinski definition) is 2. The van der Waals surface area contributed by atoms with E-state index in [4.69, 9.17) is 0 Å². The molecule has 1 aromatic carbocycles. The predicted molar refractivity (Wildman–Crippen MR) is 88.5 cm³/mol. The van der Waals surface area contributed by atoms with Crippen molar-refractivity contribution in [1.29, 1.82) is 0 Å². The fourth-order valence-corrected chi connectivity index (χ4v) is 4.60. The molecule has 0 amide bonds. The topological polar surface area (TPSA) is 41.1 Å². The first-order valence-electron chi connectivity index (χ1n) is 7.89. The molecule has 0 saturated carbocycles. The largest absolute Gasteiger partial charge is 0.317 e. The monoisotopic (exact) mass is 306 g/mol. The van der Waals surface area contributed by atoms with Crippen molar-refractivity contribution in [1.82, 2.24) is 10.0 Å². The van der Waals surface area contributed by atoms with Crippen LogP contribution in [0.25, 0.3) is 0 Å². The highest BCUT2D eigenvalue weighted by molar-refractivity contribution is 7.84. The van der Waals surface area contributed by atoms with E-state index in [1.165, 1.54) is 11.1 Å². The Kier molecular flexibility index (Phi) is 3.97. The molecular formula is C17H26N2OS. The number of piperidine rings is 1. The Labute approximate surface area is 130 Å². The van der Waals surface area contributed by atoms with Crippen LogP contribution in [0.5, 0.6) is 0 Å². The average molecular weight is 306 g/mol. The van der Waals surface area contributed by atoms with Gasteiger partial charge in [0.05, 0.1) is 21.8 Å². The van der Waals surface area contributed by atoms with Crippen molar-refractivity contribution in [2.75, 3.05) is 13.1 Å². The highest BCUT2D eigenvalue weighted by atomic mass is 32.2. The lowest BCUT2D eigenvalue weighted by Crippen LogP contribution is -2.46. The zero-order valence-electron chi connectivity index (χ0n) is 13.2. The molecule has 2 atom stereocenters. The molecule has 21 heavy (non-hydrogen) atoms. The van der Waals surface area contributed by atoms with Crippen LogP contribution in [0.4, 0.5) is 0 Å².